The lowest BCUT2D eigenvalue weighted by Crippen LogP contribution is -2.54. The zero-order valence-electron chi connectivity index (χ0n) is 25.6. The first-order chi connectivity index (χ1) is 22.0. The van der Waals surface area contributed by atoms with Crippen LogP contribution >= 0.6 is 36.9 Å². The molecule has 16 heteroatoms. The number of thioether (sulfide) groups is 1. The van der Waals surface area contributed by atoms with Crippen LogP contribution in [0.5, 0.6) is 0 Å². The van der Waals surface area contributed by atoms with E-state index in [9.17, 15) is 18.4 Å². The number of anilines is 1. The first-order valence-electron chi connectivity index (χ1n) is 14.9. The maximum Gasteiger partial charge on any atom is 0.350 e. The lowest BCUT2D eigenvalue weighted by molar-refractivity contribution is -0.126. The van der Waals surface area contributed by atoms with Gasteiger partial charge in [-0.05, 0) is 32.1 Å². The van der Waals surface area contributed by atoms with Gasteiger partial charge in [-0.2, -0.15) is 18.5 Å². The Kier molecular flexibility index (Phi) is 9.11. The summed E-state index contributed by atoms with van der Waals surface area (Å²) in [6.45, 7) is 11.2. The van der Waals surface area contributed by atoms with E-state index in [4.69, 9.17) is 11.6 Å². The summed E-state index contributed by atoms with van der Waals surface area (Å²) in [4.78, 5) is 37.4. The number of fused-ring (bicyclic) bond motifs is 1. The van der Waals surface area contributed by atoms with E-state index in [-0.39, 0.29) is 47.6 Å². The second-order valence-electron chi connectivity index (χ2n) is 11.8. The number of hydrogen-bond acceptors (Lipinski definition) is 8. The van der Waals surface area contributed by atoms with Crippen molar-refractivity contribution in [3.8, 4) is 11.1 Å². The molecule has 1 amide bonds. The normalized spacial score (nSPS) is 19.4. The number of halogens is 4. The molecule has 47 heavy (non-hydrogen) atoms. The second kappa shape index (κ2) is 12.8. The second-order valence-corrected chi connectivity index (χ2v) is 13.3. The molecule has 2 aromatic heterocycles. The summed E-state index contributed by atoms with van der Waals surface area (Å²) in [6.07, 6.45) is 1.28. The standard InChI is InChI=1S/C31H30ClF3N8O2S.H2S/c1-4-26(44)40-6-8-41(16(2)12-40)30-20-9-21(32)27(19-10-23(34)24(35)11-22(19)33)29-28(20)43(31(45)36-30)18(15-46-29)13-39-5-7-42-17(3)37-38-25(42)14-39;/h4,9-11,16,18H,1,5-8,12-15H2,2-3H3;1H2/t16-,18-;/m0./s1. The Labute approximate surface area is 284 Å². The smallest absolute Gasteiger partial charge is 0.350 e. The first-order valence-corrected chi connectivity index (χ1v) is 16.3. The maximum atomic E-state index is 15.2. The average Bonchev–Trinajstić information content (AvgIpc) is 3.40. The van der Waals surface area contributed by atoms with E-state index in [1.807, 2.05) is 18.7 Å². The van der Waals surface area contributed by atoms with Gasteiger partial charge in [0, 0.05) is 78.5 Å². The third-order valence-corrected chi connectivity index (χ3v) is 10.6. The quantitative estimate of drug-likeness (QED) is 0.221. The minimum absolute atomic E-state index is 0. The van der Waals surface area contributed by atoms with Gasteiger partial charge in [-0.3, -0.25) is 14.3 Å². The van der Waals surface area contributed by atoms with Gasteiger partial charge in [0.15, 0.2) is 11.6 Å². The molecule has 5 heterocycles. The van der Waals surface area contributed by atoms with E-state index in [2.05, 4.69) is 31.2 Å². The topological polar surface area (TPSA) is 92.4 Å². The molecule has 4 aromatic rings. The van der Waals surface area contributed by atoms with Crippen LogP contribution in [0.25, 0.3) is 22.0 Å². The van der Waals surface area contributed by atoms with E-state index in [0.717, 1.165) is 30.8 Å². The Morgan fingerprint density at radius 1 is 1.11 bits per heavy atom. The van der Waals surface area contributed by atoms with Gasteiger partial charge in [0.1, 0.15) is 23.3 Å². The Morgan fingerprint density at radius 3 is 2.62 bits per heavy atom. The van der Waals surface area contributed by atoms with Crippen molar-refractivity contribution in [2.75, 3.05) is 43.4 Å². The number of aromatic nitrogens is 5. The fourth-order valence-corrected chi connectivity index (χ4v) is 8.47. The van der Waals surface area contributed by atoms with Crippen molar-refractivity contribution < 1.29 is 18.0 Å². The lowest BCUT2D eigenvalue weighted by Gasteiger charge is -2.41. The number of piperazine rings is 1. The Bertz CT molecular complexity index is 1990. The predicted octanol–water partition coefficient (Wildman–Crippen LogP) is 4.53. The zero-order valence-corrected chi connectivity index (χ0v) is 28.2. The molecule has 2 aromatic carbocycles. The fraction of sp³-hybridized carbons (Fsp3) is 0.387. The number of hydrogen-bond donors (Lipinski definition) is 0. The summed E-state index contributed by atoms with van der Waals surface area (Å²) in [6, 6.07) is 2.41. The average molecular weight is 705 g/mol. The molecule has 0 N–H and O–H groups in total. The summed E-state index contributed by atoms with van der Waals surface area (Å²) >= 11 is 8.25. The molecule has 0 aliphatic carbocycles. The number of nitrogens with zero attached hydrogens (tertiary/aromatic N) is 8. The summed E-state index contributed by atoms with van der Waals surface area (Å²) in [5.41, 5.74) is 0.0172. The number of carbonyl (C=O) groups is 1. The van der Waals surface area contributed by atoms with Crippen molar-refractivity contribution in [1.29, 1.82) is 0 Å². The van der Waals surface area contributed by atoms with Crippen molar-refractivity contribution in [3.05, 3.63) is 75.5 Å². The van der Waals surface area contributed by atoms with Gasteiger partial charge in [-0.25, -0.2) is 18.0 Å². The third kappa shape index (κ3) is 5.70. The fourth-order valence-electron chi connectivity index (χ4n) is 6.79. The molecule has 1 saturated heterocycles. The zero-order chi connectivity index (χ0) is 32.4. The van der Waals surface area contributed by atoms with Gasteiger partial charge in [0.25, 0.3) is 0 Å². The van der Waals surface area contributed by atoms with Crippen molar-refractivity contribution in [2.24, 2.45) is 0 Å². The number of benzene rings is 2. The van der Waals surface area contributed by atoms with Crippen molar-refractivity contribution >= 4 is 59.5 Å². The van der Waals surface area contributed by atoms with Crippen LogP contribution in [-0.4, -0.2) is 84.5 Å². The number of rotatable bonds is 5. The van der Waals surface area contributed by atoms with Crippen molar-refractivity contribution in [2.45, 2.75) is 43.9 Å². The van der Waals surface area contributed by atoms with Crippen LogP contribution in [0.3, 0.4) is 0 Å². The molecule has 248 valence electrons. The lowest BCUT2D eigenvalue weighted by atomic mass is 10.0. The van der Waals surface area contributed by atoms with E-state index in [1.54, 1.807) is 15.5 Å². The minimum Gasteiger partial charge on any atom is -0.350 e. The molecule has 0 unspecified atom stereocenters. The highest BCUT2D eigenvalue weighted by Crippen LogP contribution is 2.48. The van der Waals surface area contributed by atoms with Gasteiger partial charge in [-0.1, -0.05) is 18.2 Å². The maximum absolute atomic E-state index is 15.2. The molecule has 7 rings (SSSR count). The highest BCUT2D eigenvalue weighted by molar-refractivity contribution is 7.99. The molecular formula is C31H32ClF3N8O2S2. The molecule has 0 radical (unpaired) electrons. The Hall–Kier alpha value is -3.53. The largest absolute Gasteiger partial charge is 0.350 e. The van der Waals surface area contributed by atoms with Crippen LogP contribution in [0.4, 0.5) is 19.0 Å². The van der Waals surface area contributed by atoms with Crippen LogP contribution in [-0.2, 0) is 17.9 Å². The molecule has 0 saturated carbocycles. The number of amides is 1. The molecule has 2 atom stereocenters. The van der Waals surface area contributed by atoms with E-state index < -0.39 is 23.1 Å². The Balaban J connectivity index is 0.00000386. The predicted molar refractivity (Wildman–Crippen MR) is 180 cm³/mol. The number of aryl methyl sites for hydroxylation is 1. The van der Waals surface area contributed by atoms with Gasteiger partial charge in [0.2, 0.25) is 5.91 Å². The molecule has 3 aliphatic heterocycles. The van der Waals surface area contributed by atoms with E-state index >= 15 is 4.39 Å². The molecule has 0 bridgehead atoms. The molecule has 0 spiro atoms. The first kappa shape index (κ1) is 33.4. The Morgan fingerprint density at radius 2 is 1.87 bits per heavy atom. The van der Waals surface area contributed by atoms with Crippen LogP contribution in [0.2, 0.25) is 5.02 Å². The summed E-state index contributed by atoms with van der Waals surface area (Å²) in [5, 5.41) is 9.19. The van der Waals surface area contributed by atoms with Crippen LogP contribution in [0, 0.1) is 24.4 Å². The van der Waals surface area contributed by atoms with Gasteiger partial charge < -0.3 is 14.4 Å². The third-order valence-electron chi connectivity index (χ3n) is 9.03. The summed E-state index contributed by atoms with van der Waals surface area (Å²) < 4.78 is 47.4. The van der Waals surface area contributed by atoms with Crippen LogP contribution in [0.1, 0.15) is 24.6 Å². The van der Waals surface area contributed by atoms with Crippen LogP contribution < -0.4 is 10.6 Å². The van der Waals surface area contributed by atoms with E-state index in [0.29, 0.717) is 66.2 Å². The highest BCUT2D eigenvalue weighted by atomic mass is 35.5. The molecule has 1 fully saturated rings. The van der Waals surface area contributed by atoms with Crippen molar-refractivity contribution in [3.63, 3.8) is 0 Å². The van der Waals surface area contributed by atoms with Crippen LogP contribution in [0.15, 0.2) is 40.5 Å². The molecular weight excluding hydrogens is 673 g/mol. The van der Waals surface area contributed by atoms with Gasteiger partial charge >= 0.3 is 5.69 Å². The van der Waals surface area contributed by atoms with Gasteiger partial charge in [0.05, 0.1) is 23.1 Å². The number of carbonyl (C=O) groups excluding carboxylic acids is 1. The molecule has 3 aliphatic rings. The van der Waals surface area contributed by atoms with Crippen molar-refractivity contribution in [1.82, 2.24) is 34.1 Å². The monoisotopic (exact) mass is 704 g/mol. The van der Waals surface area contributed by atoms with Gasteiger partial charge in [-0.15, -0.1) is 22.0 Å². The highest BCUT2D eigenvalue weighted by Gasteiger charge is 2.35. The SMILES string of the molecule is C=CC(=O)N1CCN(c2nc(=O)n3c4c(c(-c5cc(F)c(F)cc5F)c(Cl)cc24)SC[C@@H]3CN2CCn3c(C)nnc3C2)[C@@H](C)C1.S. The summed E-state index contributed by atoms with van der Waals surface area (Å²) in [5.74, 6) is -1.12. The summed E-state index contributed by atoms with van der Waals surface area (Å²) in [7, 11) is 0. The van der Waals surface area contributed by atoms with E-state index in [1.165, 1.54) is 17.8 Å². The molecule has 10 nitrogen and oxygen atoms in total. The minimum atomic E-state index is -1.31.